The molecule has 0 saturated heterocycles. The van der Waals surface area contributed by atoms with E-state index in [2.05, 4.69) is 10.6 Å². The van der Waals surface area contributed by atoms with Gasteiger partial charge in [-0.15, -0.1) is 0 Å². The number of thiocarbonyl (C=S) groups is 1. The molecule has 0 aliphatic rings. The van der Waals surface area contributed by atoms with Crippen LogP contribution in [0.4, 0.5) is 5.69 Å². The van der Waals surface area contributed by atoms with E-state index in [9.17, 15) is 9.90 Å². The summed E-state index contributed by atoms with van der Waals surface area (Å²) in [5.41, 5.74) is 7.84. The molecule has 0 radical (unpaired) electrons. The molecule has 0 amide bonds. The van der Waals surface area contributed by atoms with Crippen LogP contribution in [0.15, 0.2) is 18.2 Å². The average molecular weight is 381 g/mol. The number of nitrogens with one attached hydrogen (secondary N) is 2. The number of unbranched alkanes of at least 4 members (excludes halogenated alkanes) is 1. The zero-order chi connectivity index (χ0) is 19.7. The minimum Gasteiger partial charge on any atom is -0.480 e. The third kappa shape index (κ3) is 7.69. The van der Waals surface area contributed by atoms with Crippen LogP contribution in [0.2, 0.25) is 6.32 Å². The maximum Gasteiger partial charge on any atom is 0.451 e. The molecule has 144 valence electrons. The molecule has 26 heavy (non-hydrogen) atoms. The van der Waals surface area contributed by atoms with Crippen molar-refractivity contribution in [1.82, 2.24) is 5.32 Å². The Morgan fingerprint density at radius 2 is 1.92 bits per heavy atom. The zero-order valence-corrected chi connectivity index (χ0v) is 16.1. The number of anilines is 1. The van der Waals surface area contributed by atoms with Gasteiger partial charge in [0.25, 0.3) is 0 Å². The van der Waals surface area contributed by atoms with Crippen molar-refractivity contribution in [2.75, 3.05) is 11.9 Å². The fourth-order valence-electron chi connectivity index (χ4n) is 2.50. The number of hydrogen-bond acceptors (Lipinski definition) is 5. The Balaban J connectivity index is 2.44. The molecular weight excluding hydrogens is 353 g/mol. The maximum atomic E-state index is 11.5. The van der Waals surface area contributed by atoms with Crippen molar-refractivity contribution in [2.45, 2.75) is 51.4 Å². The van der Waals surface area contributed by atoms with Gasteiger partial charge in [-0.05, 0) is 68.5 Å². The first kappa shape index (κ1) is 22.4. The number of aryl methyl sites for hydroxylation is 2. The highest BCUT2D eigenvalue weighted by atomic mass is 32.1. The lowest BCUT2D eigenvalue weighted by molar-refractivity contribution is -0.143. The van der Waals surface area contributed by atoms with E-state index in [0.29, 0.717) is 24.5 Å². The van der Waals surface area contributed by atoms with Crippen molar-refractivity contribution >= 4 is 36.1 Å². The van der Waals surface area contributed by atoms with Gasteiger partial charge in [-0.1, -0.05) is 18.9 Å². The number of carbonyl (C=O) groups is 1. The van der Waals surface area contributed by atoms with Crippen molar-refractivity contribution in [3.8, 4) is 0 Å². The van der Waals surface area contributed by atoms with E-state index >= 15 is 0 Å². The van der Waals surface area contributed by atoms with Gasteiger partial charge in [-0.25, -0.2) is 0 Å². The summed E-state index contributed by atoms with van der Waals surface area (Å²) in [5, 5.41) is 33.5. The Kier molecular flexibility index (Phi) is 9.00. The number of carboxylic acid groups (broad SMARTS) is 1. The minimum atomic E-state index is -1.37. The van der Waals surface area contributed by atoms with Gasteiger partial charge in [0.15, 0.2) is 5.11 Å². The molecule has 1 unspecified atom stereocenters. The van der Waals surface area contributed by atoms with Crippen LogP contribution in [0.3, 0.4) is 0 Å². The molecule has 0 fully saturated rings. The molecule has 1 rings (SSSR count). The third-order valence-corrected chi connectivity index (χ3v) is 4.63. The Labute approximate surface area is 160 Å². The van der Waals surface area contributed by atoms with Crippen molar-refractivity contribution in [3.63, 3.8) is 0 Å². The summed E-state index contributed by atoms with van der Waals surface area (Å²) in [5.74, 6) is -1.07. The zero-order valence-electron chi connectivity index (χ0n) is 15.3. The van der Waals surface area contributed by atoms with Crippen molar-refractivity contribution in [2.24, 2.45) is 5.73 Å². The smallest absolute Gasteiger partial charge is 0.451 e. The summed E-state index contributed by atoms with van der Waals surface area (Å²) in [6.45, 7) is 4.37. The molecule has 0 spiro atoms. The van der Waals surface area contributed by atoms with Crippen LogP contribution in [0.1, 0.15) is 36.8 Å². The first-order chi connectivity index (χ1) is 12.1. The van der Waals surface area contributed by atoms with Gasteiger partial charge in [0.1, 0.15) is 5.54 Å². The first-order valence-corrected chi connectivity index (χ1v) is 9.05. The second-order valence-corrected chi connectivity index (χ2v) is 7.03. The molecular formula is C17H28BN3O4S. The van der Waals surface area contributed by atoms with E-state index < -0.39 is 18.6 Å². The van der Waals surface area contributed by atoms with Gasteiger partial charge < -0.3 is 31.5 Å². The van der Waals surface area contributed by atoms with Gasteiger partial charge in [0.2, 0.25) is 0 Å². The Morgan fingerprint density at radius 1 is 1.23 bits per heavy atom. The highest BCUT2D eigenvalue weighted by Crippen LogP contribution is 2.17. The molecule has 0 bridgehead atoms. The molecule has 1 aromatic carbocycles. The number of carboxylic acids is 1. The lowest BCUT2D eigenvalue weighted by Crippen LogP contribution is -2.50. The molecule has 0 heterocycles. The van der Waals surface area contributed by atoms with E-state index in [4.69, 9.17) is 28.0 Å². The van der Waals surface area contributed by atoms with Crippen LogP contribution in [0, 0.1) is 13.8 Å². The van der Waals surface area contributed by atoms with E-state index in [1.54, 1.807) is 0 Å². The monoisotopic (exact) mass is 381 g/mol. The predicted octanol–water partition coefficient (Wildman–Crippen LogP) is 1.41. The maximum absolute atomic E-state index is 11.5. The summed E-state index contributed by atoms with van der Waals surface area (Å²) in [4.78, 5) is 11.5. The minimum absolute atomic E-state index is 0.206. The lowest BCUT2D eigenvalue weighted by atomic mass is 9.81. The molecule has 7 nitrogen and oxygen atoms in total. The van der Waals surface area contributed by atoms with Crippen LogP contribution < -0.4 is 16.4 Å². The third-order valence-electron chi connectivity index (χ3n) is 4.38. The largest absolute Gasteiger partial charge is 0.480 e. The van der Waals surface area contributed by atoms with Crippen molar-refractivity contribution < 1.29 is 19.9 Å². The Hall–Kier alpha value is -1.68. The van der Waals surface area contributed by atoms with Gasteiger partial charge in [-0.2, -0.15) is 0 Å². The van der Waals surface area contributed by atoms with Gasteiger partial charge in [-0.3, -0.25) is 4.79 Å². The van der Waals surface area contributed by atoms with Crippen LogP contribution >= 0.6 is 12.2 Å². The molecule has 9 heteroatoms. The molecule has 0 saturated carbocycles. The summed E-state index contributed by atoms with van der Waals surface area (Å²) in [7, 11) is -1.37. The number of benzene rings is 1. The molecule has 0 aromatic heterocycles. The highest BCUT2D eigenvalue weighted by Gasteiger charge is 2.32. The number of hydrogen-bond donors (Lipinski definition) is 6. The fraction of sp³-hybridized carbons (Fsp3) is 0.529. The van der Waals surface area contributed by atoms with Crippen LogP contribution in [0.25, 0.3) is 0 Å². The molecule has 1 aromatic rings. The Morgan fingerprint density at radius 3 is 2.50 bits per heavy atom. The Bertz CT molecular complexity index is 630. The van der Waals surface area contributed by atoms with Crippen molar-refractivity contribution in [3.05, 3.63) is 29.3 Å². The summed E-state index contributed by atoms with van der Waals surface area (Å²) in [6.07, 6.45) is 1.68. The van der Waals surface area contributed by atoms with E-state index in [-0.39, 0.29) is 19.2 Å². The number of rotatable bonds is 10. The molecule has 7 N–H and O–H groups in total. The van der Waals surface area contributed by atoms with E-state index in [0.717, 1.165) is 11.3 Å². The topological polar surface area (TPSA) is 128 Å². The van der Waals surface area contributed by atoms with Crippen LogP contribution in [-0.2, 0) is 4.79 Å². The van der Waals surface area contributed by atoms with Crippen LogP contribution in [0.5, 0.6) is 0 Å². The lowest BCUT2D eigenvalue weighted by Gasteiger charge is -2.25. The normalized spacial score (nSPS) is 13.0. The molecule has 0 aliphatic heterocycles. The second kappa shape index (κ2) is 10.5. The van der Waals surface area contributed by atoms with E-state index in [1.807, 2.05) is 32.0 Å². The van der Waals surface area contributed by atoms with Crippen LogP contribution in [-0.4, -0.2) is 45.4 Å². The average Bonchev–Trinajstić information content (AvgIpc) is 2.54. The van der Waals surface area contributed by atoms with Crippen molar-refractivity contribution in [1.29, 1.82) is 0 Å². The molecule has 1 atom stereocenters. The van der Waals surface area contributed by atoms with Gasteiger partial charge in [0.05, 0.1) is 0 Å². The second-order valence-electron chi connectivity index (χ2n) is 6.62. The standard InChI is InChI=1S/C17H28BN3O4S/c1-12-5-6-14(11-13(12)2)21-16(26)20-10-8-17(19,15(22)23)7-3-4-9-18(24)25/h5-6,11,24-25H,3-4,7-10,19H2,1-2H3,(H,22,23)(H2,20,21,26). The predicted molar refractivity (Wildman–Crippen MR) is 108 cm³/mol. The quantitative estimate of drug-likeness (QED) is 0.204. The molecule has 0 aliphatic carbocycles. The first-order valence-electron chi connectivity index (χ1n) is 8.64. The van der Waals surface area contributed by atoms with E-state index in [1.165, 1.54) is 5.56 Å². The van der Waals surface area contributed by atoms with Gasteiger partial charge in [0, 0.05) is 12.2 Å². The number of nitrogens with two attached hydrogens (primary N) is 1. The van der Waals surface area contributed by atoms with Gasteiger partial charge >= 0.3 is 13.1 Å². The summed E-state index contributed by atoms with van der Waals surface area (Å²) < 4.78 is 0. The fourth-order valence-corrected chi connectivity index (χ4v) is 2.72. The summed E-state index contributed by atoms with van der Waals surface area (Å²) >= 11 is 5.24. The number of aliphatic carboxylic acids is 1. The highest BCUT2D eigenvalue weighted by molar-refractivity contribution is 7.80. The SMILES string of the molecule is Cc1ccc(NC(=S)NCCC(N)(CCCCB(O)O)C(=O)O)cc1C. The summed E-state index contributed by atoms with van der Waals surface area (Å²) in [6, 6.07) is 5.92.